The van der Waals surface area contributed by atoms with Gasteiger partial charge in [0.15, 0.2) is 17.5 Å². The van der Waals surface area contributed by atoms with Crippen LogP contribution < -0.4 is 24.8 Å². The van der Waals surface area contributed by atoms with E-state index in [2.05, 4.69) is 34.6 Å². The van der Waals surface area contributed by atoms with Crippen molar-refractivity contribution in [1.82, 2.24) is 15.5 Å². The molecule has 2 aliphatic rings. The van der Waals surface area contributed by atoms with Gasteiger partial charge in [0.05, 0.1) is 13.7 Å². The fraction of sp³-hybridized carbons (Fsp3) is 0.480. The second-order valence-electron chi connectivity index (χ2n) is 8.33. The van der Waals surface area contributed by atoms with E-state index in [-0.39, 0.29) is 24.0 Å². The number of methoxy groups -OCH3 is 1. The molecule has 7 nitrogen and oxygen atoms in total. The minimum absolute atomic E-state index is 0. The Bertz CT molecular complexity index is 899. The minimum atomic E-state index is 0. The first-order chi connectivity index (χ1) is 15.7. The Morgan fingerprint density at radius 2 is 1.76 bits per heavy atom. The van der Waals surface area contributed by atoms with E-state index < -0.39 is 0 Å². The van der Waals surface area contributed by atoms with Crippen LogP contribution in [0.2, 0.25) is 0 Å². The SMILES string of the molecule is CCNC(=NCc1ccc2c(c1)OCO2)NCC1CCN(Cc2ccc(OC)cc2)CC1.I. The molecule has 2 aromatic carbocycles. The molecule has 2 aromatic rings. The van der Waals surface area contributed by atoms with Gasteiger partial charge in [0.25, 0.3) is 0 Å². The summed E-state index contributed by atoms with van der Waals surface area (Å²) in [5.74, 6) is 4.05. The summed E-state index contributed by atoms with van der Waals surface area (Å²) in [6.07, 6.45) is 2.40. The van der Waals surface area contributed by atoms with Crippen LogP contribution in [0.3, 0.4) is 0 Å². The maximum atomic E-state index is 5.47. The fourth-order valence-corrected chi connectivity index (χ4v) is 4.13. The van der Waals surface area contributed by atoms with Gasteiger partial charge in [0.1, 0.15) is 5.75 Å². The number of halogens is 1. The molecule has 0 bridgehead atoms. The van der Waals surface area contributed by atoms with Crippen molar-refractivity contribution in [3.8, 4) is 17.2 Å². The van der Waals surface area contributed by atoms with Gasteiger partial charge < -0.3 is 24.8 Å². The molecule has 1 saturated heterocycles. The fourth-order valence-electron chi connectivity index (χ4n) is 4.13. The number of ether oxygens (including phenoxy) is 3. The lowest BCUT2D eigenvalue weighted by Crippen LogP contribution is -2.42. The Balaban J connectivity index is 0.00000306. The highest BCUT2D eigenvalue weighted by atomic mass is 127. The summed E-state index contributed by atoms with van der Waals surface area (Å²) in [5.41, 5.74) is 2.45. The summed E-state index contributed by atoms with van der Waals surface area (Å²) in [5, 5.41) is 6.90. The molecule has 0 unspecified atom stereocenters. The zero-order valence-corrected chi connectivity index (χ0v) is 21.8. The van der Waals surface area contributed by atoms with Crippen molar-refractivity contribution < 1.29 is 14.2 Å². The van der Waals surface area contributed by atoms with E-state index in [0.717, 1.165) is 61.5 Å². The Morgan fingerprint density at radius 3 is 2.48 bits per heavy atom. The molecule has 0 aromatic heterocycles. The zero-order chi connectivity index (χ0) is 22.2. The number of guanidine groups is 1. The molecule has 4 rings (SSSR count). The van der Waals surface area contributed by atoms with Crippen LogP contribution in [0.1, 0.15) is 30.9 Å². The van der Waals surface area contributed by atoms with Gasteiger partial charge in [-0.15, -0.1) is 24.0 Å². The highest BCUT2D eigenvalue weighted by molar-refractivity contribution is 14.0. The van der Waals surface area contributed by atoms with Gasteiger partial charge in [-0.2, -0.15) is 0 Å². The first-order valence-corrected chi connectivity index (χ1v) is 11.5. The summed E-state index contributed by atoms with van der Waals surface area (Å²) in [7, 11) is 1.71. The lowest BCUT2D eigenvalue weighted by Gasteiger charge is -2.32. The molecule has 0 atom stereocenters. The third-order valence-electron chi connectivity index (χ3n) is 6.03. The van der Waals surface area contributed by atoms with E-state index in [4.69, 9.17) is 19.2 Å². The molecule has 0 saturated carbocycles. The summed E-state index contributed by atoms with van der Waals surface area (Å²) in [4.78, 5) is 7.29. The third-order valence-corrected chi connectivity index (χ3v) is 6.03. The summed E-state index contributed by atoms with van der Waals surface area (Å²) >= 11 is 0. The van der Waals surface area contributed by atoms with Gasteiger partial charge in [-0.3, -0.25) is 4.90 Å². The van der Waals surface area contributed by atoms with Gasteiger partial charge in [0, 0.05) is 19.6 Å². The molecule has 180 valence electrons. The monoisotopic (exact) mass is 566 g/mol. The first-order valence-electron chi connectivity index (χ1n) is 11.5. The molecule has 0 spiro atoms. The summed E-state index contributed by atoms with van der Waals surface area (Å²) in [6.45, 7) is 8.04. The van der Waals surface area contributed by atoms with Crippen LogP contribution in [0.25, 0.3) is 0 Å². The van der Waals surface area contributed by atoms with Crippen molar-refractivity contribution in [3.05, 3.63) is 53.6 Å². The Morgan fingerprint density at radius 1 is 1.03 bits per heavy atom. The number of nitrogens with one attached hydrogen (secondary N) is 2. The molecular formula is C25H35IN4O3. The van der Waals surface area contributed by atoms with Crippen molar-refractivity contribution in [2.75, 3.05) is 40.1 Å². The average molecular weight is 566 g/mol. The van der Waals surface area contributed by atoms with Crippen LogP contribution in [0.15, 0.2) is 47.5 Å². The molecule has 0 aliphatic carbocycles. The predicted octanol–water partition coefficient (Wildman–Crippen LogP) is 4.01. The van der Waals surface area contributed by atoms with Gasteiger partial charge in [0.2, 0.25) is 6.79 Å². The highest BCUT2D eigenvalue weighted by Gasteiger charge is 2.19. The van der Waals surface area contributed by atoms with Gasteiger partial charge in [-0.05, 0) is 74.2 Å². The number of aliphatic imine (C=N–C) groups is 1. The number of nitrogens with zero attached hydrogens (tertiary/aromatic N) is 2. The molecule has 33 heavy (non-hydrogen) atoms. The minimum Gasteiger partial charge on any atom is -0.497 e. The van der Waals surface area contributed by atoms with Gasteiger partial charge in [-0.25, -0.2) is 4.99 Å². The lowest BCUT2D eigenvalue weighted by molar-refractivity contribution is 0.174. The molecule has 0 radical (unpaired) electrons. The molecule has 8 heteroatoms. The van der Waals surface area contributed by atoms with Crippen LogP contribution in [0.4, 0.5) is 0 Å². The van der Waals surface area contributed by atoms with Crippen molar-refractivity contribution >= 4 is 29.9 Å². The molecule has 2 aliphatic heterocycles. The number of likely N-dealkylation sites (tertiary alicyclic amines) is 1. The Kier molecular flexibility index (Phi) is 9.93. The number of piperidine rings is 1. The van der Waals surface area contributed by atoms with Crippen molar-refractivity contribution in [1.29, 1.82) is 0 Å². The van der Waals surface area contributed by atoms with Crippen LogP contribution in [0.5, 0.6) is 17.2 Å². The number of benzene rings is 2. The number of hydrogen-bond donors (Lipinski definition) is 2. The molecule has 2 heterocycles. The van der Waals surface area contributed by atoms with Crippen molar-refractivity contribution in [2.24, 2.45) is 10.9 Å². The van der Waals surface area contributed by atoms with Crippen LogP contribution in [-0.2, 0) is 13.1 Å². The molecule has 1 fully saturated rings. The quantitative estimate of drug-likeness (QED) is 0.286. The third kappa shape index (κ3) is 7.40. The van der Waals surface area contributed by atoms with Crippen LogP contribution >= 0.6 is 24.0 Å². The topological polar surface area (TPSA) is 67.4 Å². The molecular weight excluding hydrogens is 531 g/mol. The van der Waals surface area contributed by atoms with Crippen molar-refractivity contribution in [2.45, 2.75) is 32.9 Å². The molecule has 2 N–H and O–H groups in total. The standard InChI is InChI=1S/C25H34N4O3.HI/c1-3-26-25(28-16-21-6-9-23-24(14-21)32-18-31-23)27-15-19-10-12-29(13-11-19)17-20-4-7-22(30-2)8-5-20;/h4-9,14,19H,3,10-13,15-18H2,1-2H3,(H2,26,27,28);1H. The van der Waals surface area contributed by atoms with Crippen LogP contribution in [-0.4, -0.2) is 50.9 Å². The van der Waals surface area contributed by atoms with Gasteiger partial charge in [-0.1, -0.05) is 18.2 Å². The second kappa shape index (κ2) is 12.9. The van der Waals surface area contributed by atoms with Crippen LogP contribution in [0, 0.1) is 5.92 Å². The Hall–Kier alpha value is -2.20. The van der Waals surface area contributed by atoms with Crippen molar-refractivity contribution in [3.63, 3.8) is 0 Å². The number of rotatable bonds is 8. The van der Waals surface area contributed by atoms with E-state index >= 15 is 0 Å². The number of hydrogen-bond acceptors (Lipinski definition) is 5. The van der Waals surface area contributed by atoms with E-state index in [9.17, 15) is 0 Å². The van der Waals surface area contributed by atoms with E-state index in [1.807, 2.05) is 30.3 Å². The Labute approximate surface area is 213 Å². The summed E-state index contributed by atoms with van der Waals surface area (Å²) < 4.78 is 16.1. The smallest absolute Gasteiger partial charge is 0.231 e. The van der Waals surface area contributed by atoms with E-state index in [1.165, 1.54) is 18.4 Å². The summed E-state index contributed by atoms with van der Waals surface area (Å²) in [6, 6.07) is 14.4. The highest BCUT2D eigenvalue weighted by Crippen LogP contribution is 2.32. The average Bonchev–Trinajstić information content (AvgIpc) is 3.30. The normalized spacial score (nSPS) is 16.2. The second-order valence-corrected chi connectivity index (χ2v) is 8.33. The van der Waals surface area contributed by atoms with E-state index in [1.54, 1.807) is 7.11 Å². The number of fused-ring (bicyclic) bond motifs is 1. The maximum absolute atomic E-state index is 5.47. The lowest BCUT2D eigenvalue weighted by atomic mass is 9.96. The zero-order valence-electron chi connectivity index (χ0n) is 19.5. The molecule has 0 amide bonds. The largest absolute Gasteiger partial charge is 0.497 e. The predicted molar refractivity (Wildman–Crippen MR) is 142 cm³/mol. The van der Waals surface area contributed by atoms with Gasteiger partial charge >= 0.3 is 0 Å². The first kappa shape index (κ1) is 25.4. The maximum Gasteiger partial charge on any atom is 0.231 e. The van der Waals surface area contributed by atoms with E-state index in [0.29, 0.717) is 19.3 Å².